The van der Waals surface area contributed by atoms with Crippen molar-refractivity contribution in [2.75, 3.05) is 5.73 Å². The summed E-state index contributed by atoms with van der Waals surface area (Å²) in [5.41, 5.74) is 6.62. The maximum atomic E-state index is 6.09. The first-order valence-corrected chi connectivity index (χ1v) is 7.60. The maximum Gasteiger partial charge on any atom is 0.0562 e. The molecule has 1 heterocycles. The van der Waals surface area contributed by atoms with Crippen molar-refractivity contribution >= 4 is 56.3 Å². The van der Waals surface area contributed by atoms with Crippen LogP contribution in [0, 0.1) is 0 Å². The molecule has 0 spiro atoms. The first-order chi connectivity index (χ1) is 7.66. The Bertz CT molecular complexity index is 478. The highest BCUT2D eigenvalue weighted by Crippen LogP contribution is 2.35. The van der Waals surface area contributed by atoms with Gasteiger partial charge in [-0.05, 0) is 34.1 Å². The topological polar surface area (TPSA) is 26.0 Å². The summed E-state index contributed by atoms with van der Waals surface area (Å²) in [6, 6.07) is 7.72. The van der Waals surface area contributed by atoms with Gasteiger partial charge in [0.15, 0.2) is 0 Å². The molecule has 0 saturated carbocycles. The van der Waals surface area contributed by atoms with Gasteiger partial charge in [0.25, 0.3) is 0 Å². The highest BCUT2D eigenvalue weighted by Gasteiger charge is 2.06. The molecule has 84 valence electrons. The van der Waals surface area contributed by atoms with Crippen molar-refractivity contribution in [2.24, 2.45) is 0 Å². The van der Waals surface area contributed by atoms with Crippen molar-refractivity contribution in [2.45, 2.75) is 10.6 Å². The number of anilines is 1. The third kappa shape index (κ3) is 2.94. The van der Waals surface area contributed by atoms with E-state index in [1.54, 1.807) is 23.1 Å². The van der Waals surface area contributed by atoms with Crippen LogP contribution in [0.2, 0.25) is 5.02 Å². The molecule has 5 heteroatoms. The van der Waals surface area contributed by atoms with E-state index < -0.39 is 0 Å². The van der Waals surface area contributed by atoms with Crippen LogP contribution in [0.4, 0.5) is 5.69 Å². The van der Waals surface area contributed by atoms with Crippen LogP contribution in [0.3, 0.4) is 0 Å². The highest BCUT2D eigenvalue weighted by molar-refractivity contribution is 9.10. The number of thioether (sulfide) groups is 1. The quantitative estimate of drug-likeness (QED) is 0.628. The summed E-state index contributed by atoms with van der Waals surface area (Å²) in [7, 11) is 0. The van der Waals surface area contributed by atoms with Crippen LogP contribution in [0.25, 0.3) is 0 Å². The van der Waals surface area contributed by atoms with Gasteiger partial charge < -0.3 is 5.73 Å². The normalized spacial score (nSPS) is 10.6. The molecule has 0 fully saturated rings. The fourth-order valence-electron chi connectivity index (χ4n) is 1.25. The van der Waals surface area contributed by atoms with Crippen LogP contribution in [0.1, 0.15) is 4.88 Å². The fraction of sp³-hybridized carbons (Fsp3) is 0.0909. The van der Waals surface area contributed by atoms with E-state index in [2.05, 4.69) is 27.4 Å². The molecule has 0 radical (unpaired) electrons. The minimum atomic E-state index is 0.723. The number of halogens is 2. The van der Waals surface area contributed by atoms with E-state index in [1.807, 2.05) is 18.2 Å². The summed E-state index contributed by atoms with van der Waals surface area (Å²) in [6.45, 7) is 0. The van der Waals surface area contributed by atoms with Gasteiger partial charge >= 0.3 is 0 Å². The number of hydrogen-bond acceptors (Lipinski definition) is 3. The first kappa shape index (κ1) is 12.3. The lowest BCUT2D eigenvalue weighted by Crippen LogP contribution is -1.88. The summed E-state index contributed by atoms with van der Waals surface area (Å²) in [5.74, 6) is 0.893. The summed E-state index contributed by atoms with van der Waals surface area (Å²) < 4.78 is 1.13. The molecule has 0 bridgehead atoms. The molecule has 1 aromatic carbocycles. The highest BCUT2D eigenvalue weighted by atomic mass is 79.9. The molecule has 0 amide bonds. The van der Waals surface area contributed by atoms with E-state index in [1.165, 1.54) is 4.88 Å². The molecule has 16 heavy (non-hydrogen) atoms. The van der Waals surface area contributed by atoms with Crippen molar-refractivity contribution in [3.63, 3.8) is 0 Å². The second-order valence-corrected chi connectivity index (χ2v) is 6.48. The molecule has 2 rings (SSSR count). The van der Waals surface area contributed by atoms with Gasteiger partial charge in [-0.2, -0.15) is 0 Å². The molecule has 0 saturated heterocycles. The van der Waals surface area contributed by atoms with Crippen molar-refractivity contribution < 1.29 is 0 Å². The van der Waals surface area contributed by atoms with Crippen LogP contribution in [0.15, 0.2) is 39.0 Å². The Labute approximate surface area is 116 Å². The molecule has 1 aromatic heterocycles. The number of hydrogen-bond donors (Lipinski definition) is 1. The Morgan fingerprint density at radius 1 is 1.44 bits per heavy atom. The molecule has 2 aromatic rings. The van der Waals surface area contributed by atoms with Crippen LogP contribution in [-0.2, 0) is 5.75 Å². The fourth-order valence-corrected chi connectivity index (χ4v) is 4.09. The van der Waals surface area contributed by atoms with Crippen molar-refractivity contribution in [3.8, 4) is 0 Å². The molecule has 0 aliphatic rings. The number of thiophene rings is 1. The van der Waals surface area contributed by atoms with Gasteiger partial charge in [0.05, 0.1) is 5.02 Å². The summed E-state index contributed by atoms with van der Waals surface area (Å²) in [4.78, 5) is 2.27. The minimum absolute atomic E-state index is 0.723. The second-order valence-electron chi connectivity index (χ2n) is 3.18. The van der Waals surface area contributed by atoms with Crippen molar-refractivity contribution in [3.05, 3.63) is 44.0 Å². The summed E-state index contributed by atoms with van der Waals surface area (Å²) >= 11 is 12.9. The Kier molecular flexibility index (Phi) is 4.19. The van der Waals surface area contributed by atoms with Gasteiger partial charge in [-0.3, -0.25) is 0 Å². The van der Waals surface area contributed by atoms with Crippen molar-refractivity contribution in [1.29, 1.82) is 0 Å². The average molecular weight is 335 g/mol. The number of nitrogen functional groups attached to an aromatic ring is 1. The van der Waals surface area contributed by atoms with E-state index in [9.17, 15) is 0 Å². The molecule has 0 unspecified atom stereocenters. The molecule has 0 aliphatic carbocycles. The van der Waals surface area contributed by atoms with Crippen LogP contribution in [0.5, 0.6) is 0 Å². The molecule has 0 atom stereocenters. The SMILES string of the molecule is Nc1cccc(Cl)c1SCc1cc(Br)cs1. The standard InChI is InChI=1S/C11H9BrClNS2/c12-7-4-8(15-5-7)6-16-11-9(13)2-1-3-10(11)14/h1-5H,6,14H2. The van der Waals surface area contributed by atoms with Crippen LogP contribution in [-0.4, -0.2) is 0 Å². The predicted molar refractivity (Wildman–Crippen MR) is 77.4 cm³/mol. The maximum absolute atomic E-state index is 6.09. The lowest BCUT2D eigenvalue weighted by molar-refractivity contribution is 1.43. The Morgan fingerprint density at radius 3 is 2.88 bits per heavy atom. The lowest BCUT2D eigenvalue weighted by atomic mass is 10.3. The van der Waals surface area contributed by atoms with Gasteiger partial charge in [-0.15, -0.1) is 23.1 Å². The molecular formula is C11H9BrClNS2. The van der Waals surface area contributed by atoms with E-state index in [0.29, 0.717) is 0 Å². The number of rotatable bonds is 3. The minimum Gasteiger partial charge on any atom is -0.398 e. The average Bonchev–Trinajstić information content (AvgIpc) is 2.63. The van der Waals surface area contributed by atoms with Crippen LogP contribution < -0.4 is 5.73 Å². The smallest absolute Gasteiger partial charge is 0.0562 e. The zero-order valence-electron chi connectivity index (χ0n) is 8.24. The summed E-state index contributed by atoms with van der Waals surface area (Å²) in [6.07, 6.45) is 0. The first-order valence-electron chi connectivity index (χ1n) is 4.56. The van der Waals surface area contributed by atoms with Crippen LogP contribution >= 0.6 is 50.6 Å². The Hall–Kier alpha value is -0.160. The number of benzene rings is 1. The van der Waals surface area contributed by atoms with E-state index in [4.69, 9.17) is 17.3 Å². The van der Waals surface area contributed by atoms with E-state index in [-0.39, 0.29) is 0 Å². The third-order valence-electron chi connectivity index (χ3n) is 1.98. The largest absolute Gasteiger partial charge is 0.398 e. The van der Waals surface area contributed by atoms with Gasteiger partial charge in [0.2, 0.25) is 0 Å². The van der Waals surface area contributed by atoms with Gasteiger partial charge in [0.1, 0.15) is 0 Å². The number of nitrogens with two attached hydrogens (primary N) is 1. The molecule has 1 nitrogen and oxygen atoms in total. The van der Waals surface area contributed by atoms with Gasteiger partial charge in [0, 0.05) is 31.1 Å². The monoisotopic (exact) mass is 333 g/mol. The molecular weight excluding hydrogens is 326 g/mol. The second kappa shape index (κ2) is 5.45. The Morgan fingerprint density at radius 2 is 2.25 bits per heavy atom. The van der Waals surface area contributed by atoms with Gasteiger partial charge in [-0.1, -0.05) is 17.7 Å². The van der Waals surface area contributed by atoms with Gasteiger partial charge in [-0.25, -0.2) is 0 Å². The zero-order chi connectivity index (χ0) is 11.5. The lowest BCUT2D eigenvalue weighted by Gasteiger charge is -2.06. The van der Waals surface area contributed by atoms with Crippen molar-refractivity contribution in [1.82, 2.24) is 0 Å². The molecule has 2 N–H and O–H groups in total. The summed E-state index contributed by atoms with van der Waals surface area (Å²) in [5, 5.41) is 2.80. The predicted octanol–water partition coefficient (Wildman–Crippen LogP) is 5.04. The third-order valence-corrected chi connectivity index (χ3v) is 5.48. The van der Waals surface area contributed by atoms with E-state index >= 15 is 0 Å². The van der Waals surface area contributed by atoms with E-state index in [0.717, 1.165) is 25.8 Å². The zero-order valence-corrected chi connectivity index (χ0v) is 12.2. The molecule has 0 aliphatic heterocycles. The Balaban J connectivity index is 2.10.